The van der Waals surface area contributed by atoms with E-state index in [2.05, 4.69) is 59.4 Å². The summed E-state index contributed by atoms with van der Waals surface area (Å²) in [4.78, 5) is 0. The Labute approximate surface area is 113 Å². The molecule has 1 fully saturated rings. The summed E-state index contributed by atoms with van der Waals surface area (Å²) in [6.07, 6.45) is 5.36. The van der Waals surface area contributed by atoms with E-state index in [1.165, 1.54) is 35.7 Å². The molecule has 0 saturated heterocycles. The van der Waals surface area contributed by atoms with E-state index in [9.17, 15) is 0 Å². The normalized spacial score (nSPS) is 18.1. The third kappa shape index (κ3) is 3.56. The molecular weight excluding hydrogens is 274 g/mol. The summed E-state index contributed by atoms with van der Waals surface area (Å²) >= 11 is 3.56. The van der Waals surface area contributed by atoms with Gasteiger partial charge in [-0.1, -0.05) is 48.3 Å². The number of halogens is 1. The van der Waals surface area contributed by atoms with Crippen molar-refractivity contribution in [3.05, 3.63) is 34.3 Å². The molecule has 1 N–H and O–H groups in total. The minimum absolute atomic E-state index is 0.519. The van der Waals surface area contributed by atoms with Crippen LogP contribution in [0.1, 0.15) is 38.7 Å². The number of rotatable bonds is 5. The van der Waals surface area contributed by atoms with Crippen molar-refractivity contribution >= 4 is 15.9 Å². The van der Waals surface area contributed by atoms with Gasteiger partial charge < -0.3 is 5.32 Å². The van der Waals surface area contributed by atoms with Crippen molar-refractivity contribution < 1.29 is 0 Å². The van der Waals surface area contributed by atoms with Gasteiger partial charge in [0.25, 0.3) is 0 Å². The van der Waals surface area contributed by atoms with Crippen LogP contribution in [0.25, 0.3) is 0 Å². The first-order valence-corrected chi connectivity index (χ1v) is 7.37. The van der Waals surface area contributed by atoms with Crippen molar-refractivity contribution in [2.24, 2.45) is 5.41 Å². The molecule has 94 valence electrons. The van der Waals surface area contributed by atoms with Crippen molar-refractivity contribution in [1.29, 1.82) is 0 Å². The highest BCUT2D eigenvalue weighted by molar-refractivity contribution is 9.10. The summed E-state index contributed by atoms with van der Waals surface area (Å²) in [5.41, 5.74) is 1.98. The second-order valence-electron chi connectivity index (χ2n) is 5.70. The summed E-state index contributed by atoms with van der Waals surface area (Å²) in [5, 5.41) is 3.61. The Kier molecular flexibility index (Phi) is 4.26. The fourth-order valence-electron chi connectivity index (χ4n) is 2.59. The van der Waals surface area contributed by atoms with E-state index in [1.807, 2.05) is 0 Å². The van der Waals surface area contributed by atoms with Gasteiger partial charge in [0.1, 0.15) is 0 Å². The molecule has 0 aliphatic heterocycles. The van der Waals surface area contributed by atoms with Crippen LogP contribution in [0, 0.1) is 5.41 Å². The highest BCUT2D eigenvalue weighted by Gasteiger charge is 2.36. The minimum Gasteiger partial charge on any atom is -0.314 e. The lowest BCUT2D eigenvalue weighted by molar-refractivity contribution is 0.126. The van der Waals surface area contributed by atoms with E-state index in [0.717, 1.165) is 6.54 Å². The molecular formula is C15H22BrN. The van der Waals surface area contributed by atoms with Gasteiger partial charge in [-0.05, 0) is 42.4 Å². The zero-order valence-corrected chi connectivity index (χ0v) is 12.4. The molecule has 2 rings (SSSR count). The monoisotopic (exact) mass is 295 g/mol. The highest BCUT2D eigenvalue weighted by Crippen LogP contribution is 2.43. The summed E-state index contributed by atoms with van der Waals surface area (Å²) in [6.45, 7) is 5.62. The molecule has 0 amide bonds. The second-order valence-corrected chi connectivity index (χ2v) is 6.61. The lowest BCUT2D eigenvalue weighted by Crippen LogP contribution is -2.43. The standard InChI is InChI=1S/C15H22BrN/c1-12(2)17-11-15(7-4-8-15)10-13-5-3-6-14(16)9-13/h3,5-6,9,12,17H,4,7-8,10-11H2,1-2H3. The average Bonchev–Trinajstić information content (AvgIpc) is 2.21. The predicted octanol–water partition coefficient (Wildman–Crippen LogP) is 4.16. The summed E-state index contributed by atoms with van der Waals surface area (Å²) in [7, 11) is 0. The van der Waals surface area contributed by atoms with E-state index in [1.54, 1.807) is 0 Å². The molecule has 0 bridgehead atoms. The van der Waals surface area contributed by atoms with Gasteiger partial charge in [-0.3, -0.25) is 0 Å². The van der Waals surface area contributed by atoms with Crippen LogP contribution in [0.2, 0.25) is 0 Å². The van der Waals surface area contributed by atoms with E-state index < -0.39 is 0 Å². The van der Waals surface area contributed by atoms with Crippen LogP contribution in [0.15, 0.2) is 28.7 Å². The molecule has 0 radical (unpaired) electrons. The molecule has 1 aliphatic carbocycles. The molecule has 1 aliphatic rings. The smallest absolute Gasteiger partial charge is 0.0177 e. The Morgan fingerprint density at radius 3 is 2.65 bits per heavy atom. The molecule has 1 aromatic rings. The Hall–Kier alpha value is -0.340. The summed E-state index contributed by atoms with van der Waals surface area (Å²) < 4.78 is 1.20. The molecule has 0 heterocycles. The van der Waals surface area contributed by atoms with Crippen LogP contribution >= 0.6 is 15.9 Å². The lowest BCUT2D eigenvalue weighted by Gasteiger charge is -2.43. The third-order valence-corrected chi connectivity index (χ3v) is 4.26. The topological polar surface area (TPSA) is 12.0 Å². The van der Waals surface area contributed by atoms with Crippen LogP contribution in [0.4, 0.5) is 0 Å². The number of hydrogen-bond acceptors (Lipinski definition) is 1. The van der Waals surface area contributed by atoms with Gasteiger partial charge in [-0.25, -0.2) is 0 Å². The Morgan fingerprint density at radius 2 is 2.12 bits per heavy atom. The average molecular weight is 296 g/mol. The van der Waals surface area contributed by atoms with Crippen LogP contribution in [0.3, 0.4) is 0 Å². The molecule has 2 heteroatoms. The molecule has 0 atom stereocenters. The van der Waals surface area contributed by atoms with Gasteiger partial charge in [0.15, 0.2) is 0 Å². The van der Waals surface area contributed by atoms with Crippen molar-refractivity contribution in [2.45, 2.75) is 45.6 Å². The highest BCUT2D eigenvalue weighted by atomic mass is 79.9. The van der Waals surface area contributed by atoms with Gasteiger partial charge in [0, 0.05) is 17.1 Å². The molecule has 0 spiro atoms. The summed E-state index contributed by atoms with van der Waals surface area (Å²) in [5.74, 6) is 0. The zero-order chi connectivity index (χ0) is 12.3. The SMILES string of the molecule is CC(C)NCC1(Cc2cccc(Br)c2)CCC1. The van der Waals surface area contributed by atoms with Gasteiger partial charge >= 0.3 is 0 Å². The predicted molar refractivity (Wildman–Crippen MR) is 77.3 cm³/mol. The first-order chi connectivity index (χ1) is 8.10. The largest absolute Gasteiger partial charge is 0.314 e. The maximum absolute atomic E-state index is 3.61. The Balaban J connectivity index is 1.99. The van der Waals surface area contributed by atoms with Crippen molar-refractivity contribution in [3.63, 3.8) is 0 Å². The summed E-state index contributed by atoms with van der Waals surface area (Å²) in [6, 6.07) is 9.34. The van der Waals surface area contributed by atoms with Crippen molar-refractivity contribution in [3.8, 4) is 0 Å². The first kappa shape index (κ1) is 13.1. The lowest BCUT2D eigenvalue weighted by atomic mass is 9.65. The fraction of sp³-hybridized carbons (Fsp3) is 0.600. The van der Waals surface area contributed by atoms with Gasteiger partial charge in [0.05, 0.1) is 0 Å². The molecule has 0 unspecified atom stereocenters. The maximum Gasteiger partial charge on any atom is 0.0177 e. The van der Waals surface area contributed by atoms with Crippen LogP contribution in [-0.2, 0) is 6.42 Å². The Bertz CT molecular complexity index is 369. The molecule has 0 aromatic heterocycles. The van der Waals surface area contributed by atoms with Crippen LogP contribution < -0.4 is 5.32 Å². The number of benzene rings is 1. The van der Waals surface area contributed by atoms with E-state index in [0.29, 0.717) is 11.5 Å². The molecule has 17 heavy (non-hydrogen) atoms. The zero-order valence-electron chi connectivity index (χ0n) is 10.8. The van der Waals surface area contributed by atoms with E-state index in [-0.39, 0.29) is 0 Å². The van der Waals surface area contributed by atoms with Gasteiger partial charge in [-0.2, -0.15) is 0 Å². The minimum atomic E-state index is 0.519. The first-order valence-electron chi connectivity index (χ1n) is 6.58. The van der Waals surface area contributed by atoms with Crippen molar-refractivity contribution in [1.82, 2.24) is 5.32 Å². The number of nitrogens with one attached hydrogen (secondary N) is 1. The van der Waals surface area contributed by atoms with Gasteiger partial charge in [-0.15, -0.1) is 0 Å². The van der Waals surface area contributed by atoms with Crippen LogP contribution in [-0.4, -0.2) is 12.6 Å². The van der Waals surface area contributed by atoms with Crippen LogP contribution in [0.5, 0.6) is 0 Å². The Morgan fingerprint density at radius 1 is 1.35 bits per heavy atom. The fourth-order valence-corrected chi connectivity index (χ4v) is 3.04. The van der Waals surface area contributed by atoms with E-state index >= 15 is 0 Å². The molecule has 1 aromatic carbocycles. The molecule has 1 nitrogen and oxygen atoms in total. The maximum atomic E-state index is 3.61. The second kappa shape index (κ2) is 5.53. The molecule has 1 saturated carbocycles. The quantitative estimate of drug-likeness (QED) is 0.860. The van der Waals surface area contributed by atoms with Gasteiger partial charge in [0.2, 0.25) is 0 Å². The van der Waals surface area contributed by atoms with E-state index in [4.69, 9.17) is 0 Å². The van der Waals surface area contributed by atoms with Crippen molar-refractivity contribution in [2.75, 3.05) is 6.54 Å². The third-order valence-electron chi connectivity index (χ3n) is 3.77. The number of hydrogen-bond donors (Lipinski definition) is 1.